The maximum Gasteiger partial charge on any atom is 0.319 e. The average Bonchev–Trinajstić information content (AvgIpc) is 2.73. The second kappa shape index (κ2) is 9.91. The molecule has 2 N–H and O–H groups in total. The number of nitrogens with zero attached hydrogens (tertiary/aromatic N) is 2. The van der Waals surface area contributed by atoms with Gasteiger partial charge in [-0.3, -0.25) is 4.98 Å². The lowest BCUT2D eigenvalue weighted by molar-refractivity contribution is 0.251. The maximum atomic E-state index is 12.1. The average molecular weight is 378 g/mol. The quantitative estimate of drug-likeness (QED) is 0.608. The Morgan fingerprint density at radius 2 is 1.86 bits per heavy atom. The number of aromatic nitrogens is 2. The first-order chi connectivity index (χ1) is 13.8. The minimum Gasteiger partial charge on any atom is -0.490 e. The lowest BCUT2D eigenvalue weighted by atomic mass is 10.2. The van der Waals surface area contributed by atoms with E-state index in [1.165, 1.54) is 0 Å². The first-order valence-electron chi connectivity index (χ1n) is 9.04. The van der Waals surface area contributed by atoms with E-state index in [2.05, 4.69) is 20.6 Å². The Hall–Kier alpha value is -3.61. The zero-order chi connectivity index (χ0) is 19.6. The van der Waals surface area contributed by atoms with Gasteiger partial charge in [0, 0.05) is 24.5 Å². The molecule has 7 nitrogen and oxygen atoms in total. The Balaban J connectivity index is 1.66. The van der Waals surface area contributed by atoms with Crippen LogP contribution in [0.3, 0.4) is 0 Å². The van der Waals surface area contributed by atoms with Gasteiger partial charge in [-0.2, -0.15) is 0 Å². The highest BCUT2D eigenvalue weighted by molar-refractivity contribution is 5.88. The third kappa shape index (κ3) is 5.44. The molecule has 0 spiro atoms. The molecule has 0 fully saturated rings. The Labute approximate surface area is 163 Å². The molecule has 144 valence electrons. The molecule has 0 aliphatic heterocycles. The predicted octanol–water partition coefficient (Wildman–Crippen LogP) is 4.38. The standard InChI is InChI=1S/C21H22N4O3/c1-2-13-27-18-9-3-4-10-19(18)28-20-16(7-5-12-23-20)14-24-21(26)25-17-8-6-11-22-15-17/h3-12,15H,2,13-14H2,1H3,(H2,24,25,26). The van der Waals surface area contributed by atoms with Crippen LogP contribution in [0.15, 0.2) is 67.1 Å². The number of carbonyl (C=O) groups excluding carboxylic acids is 1. The predicted molar refractivity (Wildman–Crippen MR) is 107 cm³/mol. The van der Waals surface area contributed by atoms with Gasteiger partial charge in [-0.15, -0.1) is 0 Å². The number of urea groups is 1. The van der Waals surface area contributed by atoms with E-state index in [-0.39, 0.29) is 12.6 Å². The SMILES string of the molecule is CCCOc1ccccc1Oc1ncccc1CNC(=O)Nc1cccnc1. The van der Waals surface area contributed by atoms with E-state index in [0.29, 0.717) is 29.7 Å². The van der Waals surface area contributed by atoms with Gasteiger partial charge < -0.3 is 20.1 Å². The van der Waals surface area contributed by atoms with Crippen molar-refractivity contribution < 1.29 is 14.3 Å². The number of ether oxygens (including phenoxy) is 2. The number of pyridine rings is 2. The number of hydrogen-bond acceptors (Lipinski definition) is 5. The third-order valence-corrected chi connectivity index (χ3v) is 3.73. The summed E-state index contributed by atoms with van der Waals surface area (Å²) in [5.74, 6) is 1.65. The molecule has 0 unspecified atom stereocenters. The van der Waals surface area contributed by atoms with E-state index in [1.54, 1.807) is 36.8 Å². The number of rotatable bonds is 8. The minimum absolute atomic E-state index is 0.257. The summed E-state index contributed by atoms with van der Waals surface area (Å²) in [6, 6.07) is 14.3. The number of amides is 2. The molecule has 0 atom stereocenters. The molecule has 3 aromatic rings. The van der Waals surface area contributed by atoms with E-state index >= 15 is 0 Å². The summed E-state index contributed by atoms with van der Waals surface area (Å²) in [5, 5.41) is 5.51. The van der Waals surface area contributed by atoms with Gasteiger partial charge in [-0.25, -0.2) is 9.78 Å². The van der Waals surface area contributed by atoms with Gasteiger partial charge in [-0.1, -0.05) is 25.1 Å². The Bertz CT molecular complexity index is 903. The number of carbonyl (C=O) groups is 1. The van der Waals surface area contributed by atoms with Crippen molar-refractivity contribution in [3.8, 4) is 17.4 Å². The van der Waals surface area contributed by atoms with Gasteiger partial charge in [0.25, 0.3) is 0 Å². The topological polar surface area (TPSA) is 85.4 Å². The van der Waals surface area contributed by atoms with Crippen LogP contribution in [-0.2, 0) is 6.54 Å². The van der Waals surface area contributed by atoms with Crippen LogP contribution in [-0.4, -0.2) is 22.6 Å². The summed E-state index contributed by atoms with van der Waals surface area (Å²) >= 11 is 0. The fraction of sp³-hybridized carbons (Fsp3) is 0.190. The third-order valence-electron chi connectivity index (χ3n) is 3.73. The summed E-state index contributed by atoms with van der Waals surface area (Å²) in [5.41, 5.74) is 1.36. The molecule has 2 heterocycles. The van der Waals surface area contributed by atoms with E-state index in [1.807, 2.05) is 37.3 Å². The van der Waals surface area contributed by atoms with Crippen molar-refractivity contribution in [2.75, 3.05) is 11.9 Å². The van der Waals surface area contributed by atoms with Crippen molar-refractivity contribution in [3.05, 3.63) is 72.7 Å². The summed E-state index contributed by atoms with van der Waals surface area (Å²) in [7, 11) is 0. The molecule has 0 aliphatic rings. The summed E-state index contributed by atoms with van der Waals surface area (Å²) in [4.78, 5) is 20.4. The van der Waals surface area contributed by atoms with Gasteiger partial charge in [0.05, 0.1) is 18.5 Å². The molecule has 0 saturated heterocycles. The molecule has 2 aromatic heterocycles. The molecular formula is C21H22N4O3. The highest BCUT2D eigenvalue weighted by atomic mass is 16.5. The molecule has 28 heavy (non-hydrogen) atoms. The van der Waals surface area contributed by atoms with E-state index < -0.39 is 0 Å². The molecule has 1 aromatic carbocycles. The highest BCUT2D eigenvalue weighted by Crippen LogP contribution is 2.31. The molecular weight excluding hydrogens is 356 g/mol. The normalized spacial score (nSPS) is 10.2. The summed E-state index contributed by atoms with van der Waals surface area (Å²) in [6.07, 6.45) is 5.76. The van der Waals surface area contributed by atoms with Crippen LogP contribution in [0.1, 0.15) is 18.9 Å². The Morgan fingerprint density at radius 1 is 1.04 bits per heavy atom. The number of hydrogen-bond donors (Lipinski definition) is 2. The lowest BCUT2D eigenvalue weighted by Crippen LogP contribution is -2.28. The molecule has 0 aliphatic carbocycles. The van der Waals surface area contributed by atoms with Gasteiger partial charge in [0.1, 0.15) is 0 Å². The molecule has 0 radical (unpaired) electrons. The number of nitrogens with one attached hydrogen (secondary N) is 2. The van der Waals surface area contributed by atoms with Crippen LogP contribution in [0.25, 0.3) is 0 Å². The van der Waals surface area contributed by atoms with Crippen LogP contribution in [0.2, 0.25) is 0 Å². The van der Waals surface area contributed by atoms with Crippen LogP contribution < -0.4 is 20.1 Å². The molecule has 3 rings (SSSR count). The fourth-order valence-corrected chi connectivity index (χ4v) is 2.41. The number of benzene rings is 1. The van der Waals surface area contributed by atoms with Crippen LogP contribution in [0, 0.1) is 0 Å². The van der Waals surface area contributed by atoms with Crippen molar-refractivity contribution in [3.63, 3.8) is 0 Å². The largest absolute Gasteiger partial charge is 0.490 e. The number of para-hydroxylation sites is 2. The number of anilines is 1. The molecule has 7 heteroatoms. The van der Waals surface area contributed by atoms with Crippen molar-refractivity contribution in [1.29, 1.82) is 0 Å². The molecule has 0 bridgehead atoms. The Morgan fingerprint density at radius 3 is 2.64 bits per heavy atom. The first kappa shape index (κ1) is 19.2. The van der Waals surface area contributed by atoms with Crippen molar-refractivity contribution in [2.45, 2.75) is 19.9 Å². The van der Waals surface area contributed by atoms with E-state index in [0.717, 1.165) is 12.0 Å². The lowest BCUT2D eigenvalue weighted by Gasteiger charge is -2.14. The summed E-state index contributed by atoms with van der Waals surface area (Å²) in [6.45, 7) is 2.90. The second-order valence-electron chi connectivity index (χ2n) is 5.91. The highest BCUT2D eigenvalue weighted by Gasteiger charge is 2.11. The smallest absolute Gasteiger partial charge is 0.319 e. The molecule has 2 amide bonds. The zero-order valence-corrected chi connectivity index (χ0v) is 15.6. The van der Waals surface area contributed by atoms with E-state index in [4.69, 9.17) is 9.47 Å². The van der Waals surface area contributed by atoms with Crippen molar-refractivity contribution in [1.82, 2.24) is 15.3 Å². The van der Waals surface area contributed by atoms with Crippen molar-refractivity contribution >= 4 is 11.7 Å². The minimum atomic E-state index is -0.338. The van der Waals surface area contributed by atoms with E-state index in [9.17, 15) is 4.79 Å². The first-order valence-corrected chi connectivity index (χ1v) is 9.04. The molecule has 0 saturated carbocycles. The summed E-state index contributed by atoms with van der Waals surface area (Å²) < 4.78 is 11.7. The van der Waals surface area contributed by atoms with Crippen LogP contribution >= 0.6 is 0 Å². The van der Waals surface area contributed by atoms with Crippen molar-refractivity contribution in [2.24, 2.45) is 0 Å². The van der Waals surface area contributed by atoms with Gasteiger partial charge in [0.2, 0.25) is 5.88 Å². The monoisotopic (exact) mass is 378 g/mol. The van der Waals surface area contributed by atoms with Gasteiger partial charge in [0.15, 0.2) is 11.5 Å². The van der Waals surface area contributed by atoms with Crippen LogP contribution in [0.5, 0.6) is 17.4 Å². The van der Waals surface area contributed by atoms with Gasteiger partial charge >= 0.3 is 6.03 Å². The van der Waals surface area contributed by atoms with Gasteiger partial charge in [-0.05, 0) is 36.8 Å². The van der Waals surface area contributed by atoms with Crippen LogP contribution in [0.4, 0.5) is 10.5 Å². The fourth-order valence-electron chi connectivity index (χ4n) is 2.41. The Kier molecular flexibility index (Phi) is 6.78. The second-order valence-corrected chi connectivity index (χ2v) is 5.91. The maximum absolute atomic E-state index is 12.1. The zero-order valence-electron chi connectivity index (χ0n) is 15.6.